The normalized spacial score (nSPS) is 12.8. The highest BCUT2D eigenvalue weighted by molar-refractivity contribution is 5.83. The molecule has 1 aromatic rings. The van der Waals surface area contributed by atoms with E-state index in [2.05, 4.69) is 11.4 Å². The monoisotopic (exact) mass is 231 g/mol. The minimum absolute atomic E-state index is 0.0502. The number of hydrogen-bond donors (Lipinski definition) is 2. The summed E-state index contributed by atoms with van der Waals surface area (Å²) < 4.78 is 0. The van der Waals surface area contributed by atoms with E-state index in [1.807, 2.05) is 19.1 Å². The van der Waals surface area contributed by atoms with Crippen molar-refractivity contribution in [1.29, 1.82) is 5.26 Å². The molecule has 0 saturated heterocycles. The summed E-state index contributed by atoms with van der Waals surface area (Å²) in [5.74, 6) is -0.402. The van der Waals surface area contributed by atoms with E-state index in [4.69, 9.17) is 11.0 Å². The van der Waals surface area contributed by atoms with Crippen LogP contribution in [0.1, 0.15) is 37.9 Å². The number of hydrogen-bond acceptors (Lipinski definition) is 3. The summed E-state index contributed by atoms with van der Waals surface area (Å²) in [5.41, 5.74) is 6.08. The van der Waals surface area contributed by atoms with Gasteiger partial charge in [0.2, 0.25) is 5.91 Å². The molecule has 1 rings (SSSR count). The maximum atomic E-state index is 11.2. The van der Waals surface area contributed by atoms with E-state index in [1.54, 1.807) is 26.0 Å². The van der Waals surface area contributed by atoms with Crippen LogP contribution >= 0.6 is 0 Å². The summed E-state index contributed by atoms with van der Waals surface area (Å²) in [5, 5.41) is 12.0. The molecular weight excluding hydrogens is 214 g/mol. The van der Waals surface area contributed by atoms with Crippen LogP contribution in [0.2, 0.25) is 0 Å². The summed E-state index contributed by atoms with van der Waals surface area (Å²) in [6.45, 7) is 5.40. The number of benzene rings is 1. The van der Waals surface area contributed by atoms with Gasteiger partial charge >= 0.3 is 0 Å². The standard InChI is InChI=1S/C13H17N3O/c1-9(16-13(2,3)12(15)17)11-6-4-5-10(7-11)8-14/h4-7,9,16H,1-3H3,(H2,15,17). The summed E-state index contributed by atoms with van der Waals surface area (Å²) in [4.78, 5) is 11.2. The second-order valence-electron chi connectivity index (χ2n) is 4.59. The molecular formula is C13H17N3O. The van der Waals surface area contributed by atoms with Crippen molar-refractivity contribution in [3.8, 4) is 6.07 Å². The lowest BCUT2D eigenvalue weighted by Gasteiger charge is -2.27. The van der Waals surface area contributed by atoms with Gasteiger partial charge in [0, 0.05) is 6.04 Å². The van der Waals surface area contributed by atoms with Crippen molar-refractivity contribution in [1.82, 2.24) is 5.32 Å². The molecule has 90 valence electrons. The van der Waals surface area contributed by atoms with E-state index in [0.29, 0.717) is 5.56 Å². The molecule has 0 spiro atoms. The number of nitrogens with two attached hydrogens (primary N) is 1. The van der Waals surface area contributed by atoms with Crippen LogP contribution < -0.4 is 11.1 Å². The quantitative estimate of drug-likeness (QED) is 0.823. The molecule has 0 heterocycles. The molecule has 0 aliphatic rings. The molecule has 0 saturated carbocycles. The number of primary amides is 1. The Bertz CT molecular complexity index is 460. The highest BCUT2D eigenvalue weighted by Gasteiger charge is 2.26. The summed E-state index contributed by atoms with van der Waals surface area (Å²) in [7, 11) is 0. The van der Waals surface area contributed by atoms with Crippen LogP contribution in [0.5, 0.6) is 0 Å². The van der Waals surface area contributed by atoms with Gasteiger partial charge in [-0.2, -0.15) is 5.26 Å². The molecule has 1 amide bonds. The number of nitriles is 1. The molecule has 0 bridgehead atoms. The van der Waals surface area contributed by atoms with E-state index in [1.165, 1.54) is 0 Å². The molecule has 0 aromatic heterocycles. The fourth-order valence-electron chi connectivity index (χ4n) is 1.57. The average molecular weight is 231 g/mol. The van der Waals surface area contributed by atoms with E-state index in [0.717, 1.165) is 5.56 Å². The average Bonchev–Trinajstić information content (AvgIpc) is 2.28. The third kappa shape index (κ3) is 3.30. The summed E-state index contributed by atoms with van der Waals surface area (Å²) in [6, 6.07) is 9.32. The Morgan fingerprint density at radius 1 is 1.53 bits per heavy atom. The minimum atomic E-state index is -0.776. The highest BCUT2D eigenvalue weighted by atomic mass is 16.1. The van der Waals surface area contributed by atoms with Crippen LogP contribution in [0, 0.1) is 11.3 Å². The molecule has 0 aliphatic heterocycles. The predicted octanol–water partition coefficient (Wildman–Crippen LogP) is 1.47. The number of amides is 1. The number of carbonyl (C=O) groups excluding carboxylic acids is 1. The lowest BCUT2D eigenvalue weighted by atomic mass is 9.99. The Morgan fingerprint density at radius 3 is 2.71 bits per heavy atom. The Morgan fingerprint density at radius 2 is 2.18 bits per heavy atom. The van der Waals surface area contributed by atoms with Crippen LogP contribution in [-0.2, 0) is 4.79 Å². The van der Waals surface area contributed by atoms with E-state index in [-0.39, 0.29) is 6.04 Å². The first-order valence-electron chi connectivity index (χ1n) is 5.44. The molecule has 0 radical (unpaired) electrons. The van der Waals surface area contributed by atoms with Gasteiger partial charge in [0.1, 0.15) is 0 Å². The zero-order valence-corrected chi connectivity index (χ0v) is 10.3. The summed E-state index contributed by atoms with van der Waals surface area (Å²) in [6.07, 6.45) is 0. The topological polar surface area (TPSA) is 78.9 Å². The van der Waals surface area contributed by atoms with Crippen molar-refractivity contribution in [3.05, 3.63) is 35.4 Å². The Balaban J connectivity index is 2.87. The van der Waals surface area contributed by atoms with Crippen LogP contribution in [0.4, 0.5) is 0 Å². The summed E-state index contributed by atoms with van der Waals surface area (Å²) >= 11 is 0. The fourth-order valence-corrected chi connectivity index (χ4v) is 1.57. The van der Waals surface area contributed by atoms with Gasteiger partial charge in [-0.05, 0) is 38.5 Å². The smallest absolute Gasteiger partial charge is 0.237 e. The Kier molecular flexibility index (Phi) is 3.87. The molecule has 17 heavy (non-hydrogen) atoms. The van der Waals surface area contributed by atoms with Crippen LogP contribution in [0.25, 0.3) is 0 Å². The second-order valence-corrected chi connectivity index (χ2v) is 4.59. The Labute approximate surface area is 101 Å². The van der Waals surface area contributed by atoms with Crippen LogP contribution in [0.15, 0.2) is 24.3 Å². The number of nitrogens with zero attached hydrogens (tertiary/aromatic N) is 1. The minimum Gasteiger partial charge on any atom is -0.368 e. The molecule has 0 fully saturated rings. The van der Waals surface area contributed by atoms with Crippen molar-refractivity contribution in [2.45, 2.75) is 32.4 Å². The highest BCUT2D eigenvalue weighted by Crippen LogP contribution is 2.17. The number of rotatable bonds is 4. The molecule has 1 atom stereocenters. The fraction of sp³-hybridized carbons (Fsp3) is 0.385. The third-order valence-electron chi connectivity index (χ3n) is 2.71. The van der Waals surface area contributed by atoms with Gasteiger partial charge < -0.3 is 5.73 Å². The SMILES string of the molecule is CC(NC(C)(C)C(N)=O)c1cccc(C#N)c1. The van der Waals surface area contributed by atoms with E-state index >= 15 is 0 Å². The Hall–Kier alpha value is -1.86. The first-order valence-corrected chi connectivity index (χ1v) is 5.44. The van der Waals surface area contributed by atoms with Crippen LogP contribution in [0.3, 0.4) is 0 Å². The molecule has 1 unspecified atom stereocenters. The molecule has 4 nitrogen and oxygen atoms in total. The molecule has 3 N–H and O–H groups in total. The van der Waals surface area contributed by atoms with Gasteiger partial charge in [0.25, 0.3) is 0 Å². The van der Waals surface area contributed by atoms with Gasteiger partial charge in [-0.25, -0.2) is 0 Å². The van der Waals surface area contributed by atoms with Gasteiger partial charge in [0.05, 0.1) is 17.2 Å². The lowest BCUT2D eigenvalue weighted by molar-refractivity contribution is -0.123. The van der Waals surface area contributed by atoms with Crippen molar-refractivity contribution in [3.63, 3.8) is 0 Å². The van der Waals surface area contributed by atoms with E-state index < -0.39 is 11.4 Å². The first kappa shape index (κ1) is 13.2. The van der Waals surface area contributed by atoms with Crippen molar-refractivity contribution < 1.29 is 4.79 Å². The largest absolute Gasteiger partial charge is 0.368 e. The van der Waals surface area contributed by atoms with E-state index in [9.17, 15) is 4.79 Å². The predicted molar refractivity (Wildman–Crippen MR) is 66.0 cm³/mol. The zero-order chi connectivity index (χ0) is 13.1. The number of nitrogens with one attached hydrogen (secondary N) is 1. The van der Waals surface area contributed by atoms with Crippen molar-refractivity contribution >= 4 is 5.91 Å². The van der Waals surface area contributed by atoms with Gasteiger partial charge in [0.15, 0.2) is 0 Å². The van der Waals surface area contributed by atoms with Crippen molar-refractivity contribution in [2.24, 2.45) is 5.73 Å². The maximum absolute atomic E-state index is 11.2. The van der Waals surface area contributed by atoms with Gasteiger partial charge in [-0.1, -0.05) is 12.1 Å². The maximum Gasteiger partial charge on any atom is 0.237 e. The molecule has 4 heteroatoms. The second kappa shape index (κ2) is 4.98. The van der Waals surface area contributed by atoms with Gasteiger partial charge in [-0.15, -0.1) is 0 Å². The van der Waals surface area contributed by atoms with Crippen LogP contribution in [-0.4, -0.2) is 11.4 Å². The zero-order valence-electron chi connectivity index (χ0n) is 10.3. The van der Waals surface area contributed by atoms with Gasteiger partial charge in [-0.3, -0.25) is 10.1 Å². The molecule has 1 aromatic carbocycles. The molecule has 0 aliphatic carbocycles. The first-order chi connectivity index (χ1) is 7.86. The van der Waals surface area contributed by atoms with Crippen molar-refractivity contribution in [2.75, 3.05) is 0 Å². The number of carbonyl (C=O) groups is 1. The lowest BCUT2D eigenvalue weighted by Crippen LogP contribution is -2.51. The third-order valence-corrected chi connectivity index (χ3v) is 2.71.